The Labute approximate surface area is 210 Å². The number of carbonyl (C=O) groups excluding carboxylic acids is 2. The van der Waals surface area contributed by atoms with Gasteiger partial charge in [0.2, 0.25) is 0 Å². The molecule has 7 heteroatoms. The van der Waals surface area contributed by atoms with Crippen molar-refractivity contribution in [2.45, 2.75) is 6.92 Å². The lowest BCUT2D eigenvalue weighted by molar-refractivity contribution is 0.0730. The number of esters is 1. The molecule has 4 rings (SSSR count). The van der Waals surface area contributed by atoms with Crippen LogP contribution < -0.4 is 14.9 Å². The maximum absolute atomic E-state index is 12.9. The van der Waals surface area contributed by atoms with Crippen molar-refractivity contribution < 1.29 is 19.1 Å². The van der Waals surface area contributed by atoms with E-state index in [1.54, 1.807) is 36.4 Å². The van der Waals surface area contributed by atoms with E-state index in [0.29, 0.717) is 34.8 Å². The number of benzene rings is 4. The van der Waals surface area contributed by atoms with E-state index in [0.717, 1.165) is 14.3 Å². The molecule has 0 bridgehead atoms. The summed E-state index contributed by atoms with van der Waals surface area (Å²) in [6, 6.07) is 25.5. The van der Waals surface area contributed by atoms with Crippen LogP contribution in [0.3, 0.4) is 0 Å². The third-order valence-corrected chi connectivity index (χ3v) is 5.62. The lowest BCUT2D eigenvalue weighted by atomic mass is 10.0. The zero-order valence-electron chi connectivity index (χ0n) is 18.3. The molecule has 0 atom stereocenters. The van der Waals surface area contributed by atoms with Crippen molar-refractivity contribution in [2.75, 3.05) is 6.61 Å². The smallest absolute Gasteiger partial charge is 0.344 e. The molecule has 0 unspecified atom stereocenters. The topological polar surface area (TPSA) is 77.0 Å². The third-order valence-electron chi connectivity index (χ3n) is 4.95. The van der Waals surface area contributed by atoms with Gasteiger partial charge in [-0.05, 0) is 88.3 Å². The monoisotopic (exact) mass is 564 g/mol. The highest BCUT2D eigenvalue weighted by Crippen LogP contribution is 2.30. The second kappa shape index (κ2) is 10.9. The van der Waals surface area contributed by atoms with Gasteiger partial charge in [-0.1, -0.05) is 42.5 Å². The SMILES string of the molecule is CCOc1cc(/C=N\NC(=O)c2cccc(I)c2)ccc1OC(=O)c1cccc2ccccc12. The second-order valence-electron chi connectivity index (χ2n) is 7.26. The number of halogens is 1. The predicted octanol–water partition coefficient (Wildman–Crippen LogP) is 5.83. The molecule has 0 aliphatic rings. The Bertz CT molecular complexity index is 1380. The molecule has 34 heavy (non-hydrogen) atoms. The molecule has 0 saturated heterocycles. The molecule has 1 N–H and O–H groups in total. The van der Waals surface area contributed by atoms with Crippen molar-refractivity contribution in [3.05, 3.63) is 105 Å². The van der Waals surface area contributed by atoms with Gasteiger partial charge in [-0.15, -0.1) is 0 Å². The number of ether oxygens (including phenoxy) is 2. The zero-order valence-corrected chi connectivity index (χ0v) is 20.5. The Hall–Kier alpha value is -3.72. The van der Waals surface area contributed by atoms with Gasteiger partial charge in [0, 0.05) is 9.13 Å². The number of fused-ring (bicyclic) bond motifs is 1. The van der Waals surface area contributed by atoms with Gasteiger partial charge < -0.3 is 9.47 Å². The molecule has 170 valence electrons. The minimum Gasteiger partial charge on any atom is -0.490 e. The first-order chi connectivity index (χ1) is 16.5. The third kappa shape index (κ3) is 5.60. The van der Waals surface area contributed by atoms with E-state index in [1.807, 2.05) is 55.5 Å². The van der Waals surface area contributed by atoms with Gasteiger partial charge >= 0.3 is 5.97 Å². The zero-order chi connectivity index (χ0) is 23.9. The van der Waals surface area contributed by atoms with Crippen LogP contribution in [0.15, 0.2) is 90.0 Å². The van der Waals surface area contributed by atoms with Crippen molar-refractivity contribution >= 4 is 51.5 Å². The maximum atomic E-state index is 12.9. The average molecular weight is 564 g/mol. The summed E-state index contributed by atoms with van der Waals surface area (Å²) in [6.45, 7) is 2.24. The van der Waals surface area contributed by atoms with Gasteiger partial charge in [0.25, 0.3) is 5.91 Å². The molecule has 0 heterocycles. The number of nitrogens with zero attached hydrogens (tertiary/aromatic N) is 1. The summed E-state index contributed by atoms with van der Waals surface area (Å²) in [5.41, 5.74) is 4.19. The lowest BCUT2D eigenvalue weighted by Crippen LogP contribution is -2.17. The second-order valence-corrected chi connectivity index (χ2v) is 8.51. The molecule has 0 aromatic heterocycles. The van der Waals surface area contributed by atoms with E-state index in [-0.39, 0.29) is 5.91 Å². The normalized spacial score (nSPS) is 10.9. The van der Waals surface area contributed by atoms with E-state index in [1.165, 1.54) is 6.21 Å². The first kappa shape index (κ1) is 23.4. The first-order valence-corrected chi connectivity index (χ1v) is 11.7. The molecule has 0 saturated carbocycles. The van der Waals surface area contributed by atoms with E-state index >= 15 is 0 Å². The number of nitrogens with one attached hydrogen (secondary N) is 1. The van der Waals surface area contributed by atoms with E-state index < -0.39 is 5.97 Å². The molecule has 0 aliphatic carbocycles. The van der Waals surface area contributed by atoms with Crippen LogP contribution in [0.25, 0.3) is 10.8 Å². The van der Waals surface area contributed by atoms with Crippen LogP contribution in [0.2, 0.25) is 0 Å². The molecule has 0 aliphatic heterocycles. The molecular weight excluding hydrogens is 543 g/mol. The molecule has 6 nitrogen and oxygen atoms in total. The summed E-state index contributed by atoms with van der Waals surface area (Å²) < 4.78 is 12.3. The summed E-state index contributed by atoms with van der Waals surface area (Å²) >= 11 is 2.15. The van der Waals surface area contributed by atoms with Gasteiger partial charge in [-0.3, -0.25) is 4.79 Å². The number of hydrazone groups is 1. The summed E-state index contributed by atoms with van der Waals surface area (Å²) in [5.74, 6) is -0.0619. The van der Waals surface area contributed by atoms with Crippen LogP contribution in [-0.4, -0.2) is 24.7 Å². The van der Waals surface area contributed by atoms with Gasteiger partial charge in [0.1, 0.15) is 0 Å². The number of rotatable bonds is 7. The van der Waals surface area contributed by atoms with E-state index in [4.69, 9.17) is 9.47 Å². The number of hydrogen-bond donors (Lipinski definition) is 1. The molecule has 1 amide bonds. The van der Waals surface area contributed by atoms with Gasteiger partial charge in [0.15, 0.2) is 11.5 Å². The highest BCUT2D eigenvalue weighted by molar-refractivity contribution is 14.1. The van der Waals surface area contributed by atoms with E-state index in [2.05, 4.69) is 33.1 Å². The number of carbonyl (C=O) groups is 2. The maximum Gasteiger partial charge on any atom is 0.344 e. The minimum absolute atomic E-state index is 0.305. The highest BCUT2D eigenvalue weighted by atomic mass is 127. The fourth-order valence-electron chi connectivity index (χ4n) is 3.38. The van der Waals surface area contributed by atoms with Gasteiger partial charge in [-0.2, -0.15) is 5.10 Å². The fourth-order valence-corrected chi connectivity index (χ4v) is 3.92. The highest BCUT2D eigenvalue weighted by Gasteiger charge is 2.15. The molecule has 0 radical (unpaired) electrons. The van der Waals surface area contributed by atoms with Crippen LogP contribution in [-0.2, 0) is 0 Å². The molecule has 0 fully saturated rings. The molecular formula is C27H21IN2O4. The van der Waals surface area contributed by atoms with Crippen LogP contribution in [0.5, 0.6) is 11.5 Å². The fraction of sp³-hybridized carbons (Fsp3) is 0.0741. The van der Waals surface area contributed by atoms with Crippen LogP contribution in [0.4, 0.5) is 0 Å². The summed E-state index contributed by atoms with van der Waals surface area (Å²) in [6.07, 6.45) is 1.50. The standard InChI is InChI=1S/C27H21IN2O4/c1-2-33-25-15-18(17-29-30-26(31)20-9-5-10-21(28)16-20)13-14-24(25)34-27(32)23-12-6-8-19-7-3-4-11-22(19)23/h3-17H,2H2,1H3,(H,30,31)/b29-17-. The Morgan fingerprint density at radius 2 is 1.74 bits per heavy atom. The Balaban J connectivity index is 1.50. The quantitative estimate of drug-likeness (QED) is 0.101. The number of amides is 1. The Morgan fingerprint density at radius 3 is 2.56 bits per heavy atom. The summed E-state index contributed by atoms with van der Waals surface area (Å²) in [5, 5.41) is 5.81. The largest absolute Gasteiger partial charge is 0.490 e. The Kier molecular flexibility index (Phi) is 7.54. The van der Waals surface area contributed by atoms with Crippen LogP contribution in [0.1, 0.15) is 33.2 Å². The van der Waals surface area contributed by atoms with Crippen molar-refractivity contribution in [1.29, 1.82) is 0 Å². The summed E-state index contributed by atoms with van der Waals surface area (Å²) in [7, 11) is 0. The van der Waals surface area contributed by atoms with Gasteiger partial charge in [0.05, 0.1) is 18.4 Å². The summed E-state index contributed by atoms with van der Waals surface area (Å²) in [4.78, 5) is 25.2. The molecule has 0 spiro atoms. The van der Waals surface area contributed by atoms with E-state index in [9.17, 15) is 9.59 Å². The van der Waals surface area contributed by atoms with Gasteiger partial charge in [-0.25, -0.2) is 10.2 Å². The first-order valence-electron chi connectivity index (χ1n) is 10.6. The average Bonchev–Trinajstić information content (AvgIpc) is 2.85. The van der Waals surface area contributed by atoms with Crippen molar-refractivity contribution in [3.63, 3.8) is 0 Å². The molecule has 4 aromatic rings. The number of hydrogen-bond acceptors (Lipinski definition) is 5. The Morgan fingerprint density at radius 1 is 0.941 bits per heavy atom. The van der Waals surface area contributed by atoms with Crippen LogP contribution in [0, 0.1) is 3.57 Å². The van der Waals surface area contributed by atoms with Crippen molar-refractivity contribution in [3.8, 4) is 11.5 Å². The van der Waals surface area contributed by atoms with Crippen LogP contribution >= 0.6 is 22.6 Å². The van der Waals surface area contributed by atoms with Crippen molar-refractivity contribution in [2.24, 2.45) is 5.10 Å². The van der Waals surface area contributed by atoms with Crippen molar-refractivity contribution in [1.82, 2.24) is 5.43 Å². The lowest BCUT2D eigenvalue weighted by Gasteiger charge is -2.12. The molecule has 4 aromatic carbocycles. The minimum atomic E-state index is -0.469. The predicted molar refractivity (Wildman–Crippen MR) is 141 cm³/mol.